The van der Waals surface area contributed by atoms with Crippen LogP contribution in [0.5, 0.6) is 0 Å². The smallest absolute Gasteiger partial charge is 0.219 e. The fraction of sp³-hybridized carbons (Fsp3) is 0.308. The van der Waals surface area contributed by atoms with Crippen molar-refractivity contribution >= 4 is 15.8 Å². The second kappa shape index (κ2) is 7.70. The van der Waals surface area contributed by atoms with Crippen molar-refractivity contribution in [1.82, 2.24) is 4.72 Å². The first kappa shape index (κ1) is 15.4. The fourth-order valence-corrected chi connectivity index (χ4v) is 2.47. The van der Waals surface area contributed by atoms with E-state index < -0.39 is 21.6 Å². The molecular formula is C13H17NO4S. The molecule has 0 fully saturated rings. The van der Waals surface area contributed by atoms with Gasteiger partial charge < -0.3 is 4.74 Å². The van der Waals surface area contributed by atoms with Crippen LogP contribution in [0.15, 0.2) is 43.2 Å². The molecule has 0 spiro atoms. The van der Waals surface area contributed by atoms with Gasteiger partial charge in [0.2, 0.25) is 10.0 Å². The Labute approximate surface area is 113 Å². The molecule has 0 heterocycles. The van der Waals surface area contributed by atoms with Crippen LogP contribution < -0.4 is 4.72 Å². The van der Waals surface area contributed by atoms with Gasteiger partial charge in [-0.2, -0.15) is 0 Å². The van der Waals surface area contributed by atoms with E-state index >= 15 is 0 Å². The largest absolute Gasteiger partial charge is 0.502 e. The lowest BCUT2D eigenvalue weighted by molar-refractivity contribution is 0.102. The molecule has 0 atom stereocenters. The van der Waals surface area contributed by atoms with Gasteiger partial charge in [0.15, 0.2) is 5.78 Å². The van der Waals surface area contributed by atoms with Gasteiger partial charge in [-0.1, -0.05) is 36.9 Å². The minimum Gasteiger partial charge on any atom is -0.502 e. The molecule has 0 aliphatic carbocycles. The lowest BCUT2D eigenvalue weighted by Crippen LogP contribution is -2.31. The van der Waals surface area contributed by atoms with Gasteiger partial charge in [-0.05, 0) is 6.42 Å². The number of benzene rings is 1. The van der Waals surface area contributed by atoms with E-state index in [0.717, 1.165) is 0 Å². The van der Waals surface area contributed by atoms with E-state index in [1.54, 1.807) is 30.3 Å². The van der Waals surface area contributed by atoms with Gasteiger partial charge in [0.05, 0.1) is 12.9 Å². The number of hydrogen-bond donors (Lipinski definition) is 1. The summed E-state index contributed by atoms with van der Waals surface area (Å²) >= 11 is 0. The molecule has 0 unspecified atom stereocenters. The Morgan fingerprint density at radius 2 is 2.00 bits per heavy atom. The van der Waals surface area contributed by atoms with Crippen molar-refractivity contribution in [3.63, 3.8) is 0 Å². The Morgan fingerprint density at radius 1 is 1.32 bits per heavy atom. The molecule has 1 aromatic carbocycles. The zero-order chi connectivity index (χ0) is 14.1. The van der Waals surface area contributed by atoms with Gasteiger partial charge in [0.1, 0.15) is 5.75 Å². The summed E-state index contributed by atoms with van der Waals surface area (Å²) in [5.74, 6) is -0.963. The monoisotopic (exact) mass is 283 g/mol. The van der Waals surface area contributed by atoms with Crippen molar-refractivity contribution in [3.05, 3.63) is 48.7 Å². The van der Waals surface area contributed by atoms with Crippen molar-refractivity contribution in [3.8, 4) is 0 Å². The number of rotatable bonds is 9. The SMILES string of the molecule is C=COCCCNS(=O)(=O)CC(=O)c1ccccc1. The highest BCUT2D eigenvalue weighted by Crippen LogP contribution is 2.02. The number of sulfonamides is 1. The fourth-order valence-electron chi connectivity index (χ4n) is 1.40. The highest BCUT2D eigenvalue weighted by Gasteiger charge is 2.16. The van der Waals surface area contributed by atoms with E-state index in [1.807, 2.05) is 0 Å². The number of nitrogens with one attached hydrogen (secondary N) is 1. The van der Waals surface area contributed by atoms with Gasteiger partial charge in [-0.15, -0.1) is 0 Å². The first-order chi connectivity index (χ1) is 9.05. The highest BCUT2D eigenvalue weighted by atomic mass is 32.2. The predicted molar refractivity (Wildman–Crippen MR) is 73.3 cm³/mol. The summed E-state index contributed by atoms with van der Waals surface area (Å²) in [5.41, 5.74) is 0.392. The Kier molecular flexibility index (Phi) is 6.24. The van der Waals surface area contributed by atoms with Crippen LogP contribution in [0, 0.1) is 0 Å². The van der Waals surface area contributed by atoms with Gasteiger partial charge in [0, 0.05) is 12.1 Å². The number of hydrogen-bond acceptors (Lipinski definition) is 4. The summed E-state index contributed by atoms with van der Waals surface area (Å²) in [6.07, 6.45) is 1.82. The molecule has 0 radical (unpaired) electrons. The van der Waals surface area contributed by atoms with Crippen molar-refractivity contribution < 1.29 is 17.9 Å². The lowest BCUT2D eigenvalue weighted by Gasteiger charge is -2.06. The van der Waals surface area contributed by atoms with Crippen LogP contribution in [-0.4, -0.2) is 33.1 Å². The topological polar surface area (TPSA) is 72.5 Å². The molecule has 5 nitrogen and oxygen atoms in total. The first-order valence-corrected chi connectivity index (χ1v) is 7.48. The zero-order valence-electron chi connectivity index (χ0n) is 10.5. The number of carbonyl (C=O) groups is 1. The normalized spacial score (nSPS) is 10.9. The van der Waals surface area contributed by atoms with Crippen LogP contribution >= 0.6 is 0 Å². The number of Topliss-reactive ketones (excluding diaryl/α,β-unsaturated/α-hetero) is 1. The molecule has 19 heavy (non-hydrogen) atoms. The highest BCUT2D eigenvalue weighted by molar-refractivity contribution is 7.90. The van der Waals surface area contributed by atoms with Crippen LogP contribution in [0.4, 0.5) is 0 Å². The molecule has 0 aliphatic rings. The van der Waals surface area contributed by atoms with E-state index in [0.29, 0.717) is 18.6 Å². The van der Waals surface area contributed by atoms with Crippen molar-refractivity contribution in [1.29, 1.82) is 0 Å². The Morgan fingerprint density at radius 3 is 2.63 bits per heavy atom. The average molecular weight is 283 g/mol. The Bertz CT molecular complexity index is 511. The zero-order valence-corrected chi connectivity index (χ0v) is 11.4. The van der Waals surface area contributed by atoms with E-state index in [4.69, 9.17) is 4.74 Å². The standard InChI is InChI=1S/C13H17NO4S/c1-2-18-10-6-9-14-19(16,17)11-13(15)12-7-4-3-5-8-12/h2-5,7-8,14H,1,6,9-11H2. The summed E-state index contributed by atoms with van der Waals surface area (Å²) < 4.78 is 30.5. The summed E-state index contributed by atoms with van der Waals surface area (Å²) in [6.45, 7) is 4.00. The maximum atomic E-state index is 11.7. The second-order valence-electron chi connectivity index (χ2n) is 3.83. The van der Waals surface area contributed by atoms with E-state index in [1.165, 1.54) is 6.26 Å². The lowest BCUT2D eigenvalue weighted by atomic mass is 10.2. The van der Waals surface area contributed by atoms with Gasteiger partial charge in [-0.3, -0.25) is 4.79 Å². The van der Waals surface area contributed by atoms with Crippen LogP contribution in [0.1, 0.15) is 16.8 Å². The second-order valence-corrected chi connectivity index (χ2v) is 5.64. The molecular weight excluding hydrogens is 266 g/mol. The summed E-state index contributed by atoms with van der Waals surface area (Å²) in [5, 5.41) is 0. The first-order valence-electron chi connectivity index (χ1n) is 5.83. The van der Waals surface area contributed by atoms with Gasteiger partial charge in [0.25, 0.3) is 0 Å². The molecule has 0 amide bonds. The number of carbonyl (C=O) groups excluding carboxylic acids is 1. The molecule has 0 aliphatic heterocycles. The van der Waals surface area contributed by atoms with Crippen LogP contribution in [0.3, 0.4) is 0 Å². The number of ketones is 1. The summed E-state index contributed by atoms with van der Waals surface area (Å²) in [4.78, 5) is 11.7. The van der Waals surface area contributed by atoms with E-state index in [9.17, 15) is 13.2 Å². The van der Waals surface area contributed by atoms with Crippen LogP contribution in [-0.2, 0) is 14.8 Å². The molecule has 6 heteroatoms. The third-order valence-electron chi connectivity index (χ3n) is 2.30. The maximum Gasteiger partial charge on any atom is 0.219 e. The third kappa shape index (κ3) is 6.17. The molecule has 0 aromatic heterocycles. The van der Waals surface area contributed by atoms with Crippen LogP contribution in [0.25, 0.3) is 0 Å². The van der Waals surface area contributed by atoms with Crippen molar-refractivity contribution in [2.45, 2.75) is 6.42 Å². The molecule has 0 bridgehead atoms. The minimum atomic E-state index is -3.60. The van der Waals surface area contributed by atoms with Gasteiger partial charge in [-0.25, -0.2) is 13.1 Å². The third-order valence-corrected chi connectivity index (χ3v) is 3.58. The van der Waals surface area contributed by atoms with E-state index in [2.05, 4.69) is 11.3 Å². The van der Waals surface area contributed by atoms with Crippen molar-refractivity contribution in [2.24, 2.45) is 0 Å². The summed E-state index contributed by atoms with van der Waals surface area (Å²) in [7, 11) is -3.60. The summed E-state index contributed by atoms with van der Waals surface area (Å²) in [6, 6.07) is 8.34. The predicted octanol–water partition coefficient (Wildman–Crippen LogP) is 1.34. The molecule has 0 saturated heterocycles. The Balaban J connectivity index is 2.42. The Hall–Kier alpha value is -1.66. The average Bonchev–Trinajstić information content (AvgIpc) is 2.39. The molecule has 1 N–H and O–H groups in total. The van der Waals surface area contributed by atoms with E-state index in [-0.39, 0.29) is 6.54 Å². The molecule has 0 saturated carbocycles. The quantitative estimate of drug-likeness (QED) is 0.422. The van der Waals surface area contributed by atoms with Gasteiger partial charge >= 0.3 is 0 Å². The maximum absolute atomic E-state index is 11.7. The van der Waals surface area contributed by atoms with Crippen molar-refractivity contribution in [2.75, 3.05) is 18.9 Å². The minimum absolute atomic E-state index is 0.234. The molecule has 1 rings (SSSR count). The molecule has 1 aromatic rings. The molecule has 104 valence electrons. The van der Waals surface area contributed by atoms with Crippen LogP contribution in [0.2, 0.25) is 0 Å². The number of ether oxygens (including phenoxy) is 1.